The molecule has 0 amide bonds. The molecule has 100 valence electrons. The highest BCUT2D eigenvalue weighted by Gasteiger charge is 2.35. The van der Waals surface area contributed by atoms with Crippen LogP contribution in [0.2, 0.25) is 10.0 Å². The van der Waals surface area contributed by atoms with Crippen LogP contribution < -0.4 is 5.32 Å². The van der Waals surface area contributed by atoms with Crippen LogP contribution in [-0.4, -0.2) is 31.6 Å². The second-order valence-corrected chi connectivity index (χ2v) is 5.61. The summed E-state index contributed by atoms with van der Waals surface area (Å²) in [5.74, 6) is 0.603. The monoisotopic (exact) mass is 286 g/mol. The minimum Gasteiger partial charge on any atom is -0.319 e. The van der Waals surface area contributed by atoms with Crippen molar-refractivity contribution in [2.24, 2.45) is 5.92 Å². The van der Waals surface area contributed by atoms with Crippen LogP contribution in [-0.2, 0) is 0 Å². The van der Waals surface area contributed by atoms with Gasteiger partial charge in [-0.2, -0.15) is 0 Å². The van der Waals surface area contributed by atoms with Crippen molar-refractivity contribution >= 4 is 23.2 Å². The van der Waals surface area contributed by atoms with E-state index in [0.717, 1.165) is 19.6 Å². The number of nitrogens with zero attached hydrogens (tertiary/aromatic N) is 1. The number of nitrogens with one attached hydrogen (secondary N) is 1. The van der Waals surface area contributed by atoms with Gasteiger partial charge in [-0.1, -0.05) is 42.3 Å². The number of benzene rings is 1. The minimum atomic E-state index is 0.383. The minimum absolute atomic E-state index is 0.383. The number of rotatable bonds is 4. The number of halogens is 2. The van der Waals surface area contributed by atoms with Crippen molar-refractivity contribution in [3.05, 3.63) is 33.8 Å². The molecule has 0 radical (unpaired) electrons. The van der Waals surface area contributed by atoms with Crippen LogP contribution in [0.5, 0.6) is 0 Å². The van der Waals surface area contributed by atoms with Gasteiger partial charge in [-0.05, 0) is 50.7 Å². The van der Waals surface area contributed by atoms with E-state index in [1.54, 1.807) is 0 Å². The zero-order valence-corrected chi connectivity index (χ0v) is 12.4. The fraction of sp³-hybridized carbons (Fsp3) is 0.571. The summed E-state index contributed by atoms with van der Waals surface area (Å²) in [7, 11) is 2.01. The van der Waals surface area contributed by atoms with Crippen LogP contribution in [0.4, 0.5) is 0 Å². The van der Waals surface area contributed by atoms with Crippen molar-refractivity contribution in [1.82, 2.24) is 10.2 Å². The van der Waals surface area contributed by atoms with E-state index >= 15 is 0 Å². The van der Waals surface area contributed by atoms with Crippen LogP contribution in [0, 0.1) is 5.92 Å². The second-order valence-electron chi connectivity index (χ2n) is 4.82. The van der Waals surface area contributed by atoms with Gasteiger partial charge in [0, 0.05) is 6.04 Å². The van der Waals surface area contributed by atoms with Crippen molar-refractivity contribution in [3.63, 3.8) is 0 Å². The Morgan fingerprint density at radius 2 is 2.17 bits per heavy atom. The summed E-state index contributed by atoms with van der Waals surface area (Å²) >= 11 is 12.5. The lowest BCUT2D eigenvalue weighted by Gasteiger charge is -2.28. The molecule has 1 saturated heterocycles. The summed E-state index contributed by atoms with van der Waals surface area (Å²) in [6, 6.07) is 6.33. The molecule has 18 heavy (non-hydrogen) atoms. The molecule has 0 spiro atoms. The first kappa shape index (κ1) is 14.1. The Labute approximate surface area is 119 Å². The van der Waals surface area contributed by atoms with E-state index in [1.165, 1.54) is 12.0 Å². The summed E-state index contributed by atoms with van der Waals surface area (Å²) in [6.07, 6.45) is 1.21. The molecule has 1 heterocycles. The molecule has 0 saturated carbocycles. The molecule has 1 aromatic rings. The summed E-state index contributed by atoms with van der Waals surface area (Å²) in [5.41, 5.74) is 1.17. The van der Waals surface area contributed by atoms with Gasteiger partial charge in [0.2, 0.25) is 0 Å². The predicted molar refractivity (Wildman–Crippen MR) is 78.5 cm³/mol. The van der Waals surface area contributed by atoms with Gasteiger partial charge < -0.3 is 5.32 Å². The van der Waals surface area contributed by atoms with Crippen LogP contribution in [0.3, 0.4) is 0 Å². The smallest absolute Gasteiger partial charge is 0.0640 e. The molecule has 1 fully saturated rings. The van der Waals surface area contributed by atoms with Gasteiger partial charge in [-0.25, -0.2) is 0 Å². The number of hydrogen-bond donors (Lipinski definition) is 1. The van der Waals surface area contributed by atoms with E-state index in [0.29, 0.717) is 22.0 Å². The summed E-state index contributed by atoms with van der Waals surface area (Å²) in [5, 5.41) is 4.65. The first-order valence-electron chi connectivity index (χ1n) is 6.51. The maximum absolute atomic E-state index is 6.38. The zero-order chi connectivity index (χ0) is 13.1. The standard InChI is InChI=1S/C14H20Cl2N2/c1-3-18-8-7-10(9-17-2)14(18)11-5-4-6-12(15)13(11)16/h4-6,10,14,17H,3,7-9H2,1-2H3. The van der Waals surface area contributed by atoms with Crippen molar-refractivity contribution < 1.29 is 0 Å². The third-order valence-corrected chi connectivity index (χ3v) is 4.63. The Morgan fingerprint density at radius 3 is 2.83 bits per heavy atom. The normalized spacial score (nSPS) is 24.7. The van der Waals surface area contributed by atoms with E-state index < -0.39 is 0 Å². The van der Waals surface area contributed by atoms with Gasteiger partial charge in [0.1, 0.15) is 0 Å². The molecular formula is C14H20Cl2N2. The lowest BCUT2D eigenvalue weighted by molar-refractivity contribution is 0.238. The first-order chi connectivity index (χ1) is 8.69. The van der Waals surface area contributed by atoms with Gasteiger partial charge in [0.15, 0.2) is 0 Å². The first-order valence-corrected chi connectivity index (χ1v) is 7.27. The van der Waals surface area contributed by atoms with Crippen LogP contribution in [0.15, 0.2) is 18.2 Å². The Kier molecular flexibility index (Phi) is 4.91. The number of hydrogen-bond acceptors (Lipinski definition) is 2. The second kappa shape index (κ2) is 6.25. The molecule has 1 aliphatic rings. The summed E-state index contributed by atoms with van der Waals surface area (Å²) < 4.78 is 0. The average molecular weight is 287 g/mol. The highest BCUT2D eigenvalue weighted by atomic mass is 35.5. The van der Waals surface area contributed by atoms with Crippen molar-refractivity contribution in [2.75, 3.05) is 26.7 Å². The Morgan fingerprint density at radius 1 is 1.39 bits per heavy atom. The largest absolute Gasteiger partial charge is 0.319 e. The van der Waals surface area contributed by atoms with E-state index in [4.69, 9.17) is 23.2 Å². The lowest BCUT2D eigenvalue weighted by atomic mass is 9.93. The van der Waals surface area contributed by atoms with Crippen LogP contribution in [0.1, 0.15) is 24.9 Å². The molecule has 2 rings (SSSR count). The zero-order valence-electron chi connectivity index (χ0n) is 10.9. The molecule has 1 aliphatic heterocycles. The lowest BCUT2D eigenvalue weighted by Crippen LogP contribution is -2.29. The summed E-state index contributed by atoms with van der Waals surface area (Å²) in [4.78, 5) is 2.49. The van der Waals surface area contributed by atoms with Gasteiger partial charge in [-0.3, -0.25) is 4.90 Å². The molecule has 2 nitrogen and oxygen atoms in total. The highest BCUT2D eigenvalue weighted by Crippen LogP contribution is 2.41. The molecule has 1 aromatic carbocycles. The molecule has 2 atom stereocenters. The Balaban J connectivity index is 2.34. The third kappa shape index (κ3) is 2.67. The molecule has 0 bridgehead atoms. The van der Waals surface area contributed by atoms with Gasteiger partial charge >= 0.3 is 0 Å². The third-order valence-electron chi connectivity index (χ3n) is 3.80. The number of likely N-dealkylation sites (tertiary alicyclic amines) is 1. The van der Waals surface area contributed by atoms with Gasteiger partial charge in [0.05, 0.1) is 10.0 Å². The molecule has 0 aliphatic carbocycles. The fourth-order valence-corrected chi connectivity index (χ4v) is 3.38. The Hall–Kier alpha value is -0.280. The topological polar surface area (TPSA) is 15.3 Å². The van der Waals surface area contributed by atoms with Crippen molar-refractivity contribution in [1.29, 1.82) is 0 Å². The average Bonchev–Trinajstić information content (AvgIpc) is 2.76. The predicted octanol–water partition coefficient (Wildman–Crippen LogP) is 3.60. The van der Waals surface area contributed by atoms with Crippen molar-refractivity contribution in [3.8, 4) is 0 Å². The molecule has 4 heteroatoms. The van der Waals surface area contributed by atoms with E-state index in [9.17, 15) is 0 Å². The van der Waals surface area contributed by atoms with Crippen LogP contribution in [0.25, 0.3) is 0 Å². The van der Waals surface area contributed by atoms with Crippen molar-refractivity contribution in [2.45, 2.75) is 19.4 Å². The van der Waals surface area contributed by atoms with E-state index in [2.05, 4.69) is 23.2 Å². The maximum Gasteiger partial charge on any atom is 0.0640 e. The quantitative estimate of drug-likeness (QED) is 0.910. The molecule has 2 unspecified atom stereocenters. The van der Waals surface area contributed by atoms with Crippen LogP contribution >= 0.6 is 23.2 Å². The maximum atomic E-state index is 6.38. The van der Waals surface area contributed by atoms with E-state index in [-0.39, 0.29) is 0 Å². The van der Waals surface area contributed by atoms with Gasteiger partial charge in [0.25, 0.3) is 0 Å². The summed E-state index contributed by atoms with van der Waals surface area (Å²) in [6.45, 7) is 5.40. The molecule has 0 aromatic heterocycles. The van der Waals surface area contributed by atoms with E-state index in [1.807, 2.05) is 19.2 Å². The Bertz CT molecular complexity index is 409. The fourth-order valence-electron chi connectivity index (χ4n) is 2.96. The SMILES string of the molecule is CCN1CCC(CNC)C1c1cccc(Cl)c1Cl. The van der Waals surface area contributed by atoms with Gasteiger partial charge in [-0.15, -0.1) is 0 Å². The highest BCUT2D eigenvalue weighted by molar-refractivity contribution is 6.42. The molecule has 1 N–H and O–H groups in total. The molecular weight excluding hydrogens is 267 g/mol.